The summed E-state index contributed by atoms with van der Waals surface area (Å²) in [7, 11) is 0. The van der Waals surface area contributed by atoms with E-state index in [1.807, 2.05) is 6.07 Å². The second kappa shape index (κ2) is 9.17. The fraction of sp³-hybridized carbons (Fsp3) is 0.231. The van der Waals surface area contributed by atoms with Gasteiger partial charge in [-0.2, -0.15) is 0 Å². The summed E-state index contributed by atoms with van der Waals surface area (Å²) in [4.78, 5) is 49.7. The molecular weight excluding hydrogens is 449 g/mol. The first kappa shape index (κ1) is 22.5. The molecule has 0 saturated carbocycles. The number of carbonyl (C=O) groups excluding carboxylic acids is 2. The summed E-state index contributed by atoms with van der Waals surface area (Å²) in [6.07, 6.45) is 4.90. The molecule has 1 aromatic carbocycles. The number of aryl methyl sites for hydroxylation is 1. The van der Waals surface area contributed by atoms with E-state index in [0.717, 1.165) is 5.39 Å². The third kappa shape index (κ3) is 4.32. The summed E-state index contributed by atoms with van der Waals surface area (Å²) in [5.41, 5.74) is 2.00. The number of fused-ring (bicyclic) bond motifs is 1. The lowest BCUT2D eigenvalue weighted by atomic mass is 10.1. The van der Waals surface area contributed by atoms with Gasteiger partial charge < -0.3 is 19.4 Å². The third-order valence-electron chi connectivity index (χ3n) is 6.38. The van der Waals surface area contributed by atoms with Crippen molar-refractivity contribution in [2.75, 3.05) is 26.2 Å². The van der Waals surface area contributed by atoms with Crippen molar-refractivity contribution in [3.8, 4) is 0 Å². The molecule has 0 unspecified atom stereocenters. The van der Waals surface area contributed by atoms with E-state index in [1.54, 1.807) is 59.6 Å². The van der Waals surface area contributed by atoms with Crippen LogP contribution in [0.5, 0.6) is 0 Å². The maximum Gasteiger partial charge on any atom is 0.263 e. The fourth-order valence-electron chi connectivity index (χ4n) is 4.34. The topological polar surface area (TPSA) is 91.3 Å². The van der Waals surface area contributed by atoms with Gasteiger partial charge in [-0.1, -0.05) is 12.1 Å². The number of amides is 2. The second-order valence-corrected chi connectivity index (χ2v) is 8.62. The van der Waals surface area contributed by atoms with Gasteiger partial charge in [0.25, 0.3) is 17.4 Å². The Morgan fingerprint density at radius 3 is 2.43 bits per heavy atom. The maximum atomic E-state index is 13.9. The summed E-state index contributed by atoms with van der Waals surface area (Å²) < 4.78 is 15.3. The molecule has 0 bridgehead atoms. The number of benzene rings is 1. The van der Waals surface area contributed by atoms with E-state index < -0.39 is 5.56 Å². The Kier molecular flexibility index (Phi) is 5.90. The summed E-state index contributed by atoms with van der Waals surface area (Å²) in [6, 6.07) is 11.6. The number of piperazine rings is 1. The van der Waals surface area contributed by atoms with Gasteiger partial charge in [-0.05, 0) is 48.4 Å². The SMILES string of the molecule is Cc1ccc(Cn2cccc(C(=O)N3CCN(C(=O)c4c[nH]c5ncccc45)CC3)c2=O)cc1F. The van der Waals surface area contributed by atoms with E-state index in [0.29, 0.717) is 48.5 Å². The summed E-state index contributed by atoms with van der Waals surface area (Å²) in [6.45, 7) is 3.21. The predicted molar refractivity (Wildman–Crippen MR) is 129 cm³/mol. The van der Waals surface area contributed by atoms with Crippen molar-refractivity contribution in [2.24, 2.45) is 0 Å². The van der Waals surface area contributed by atoms with Gasteiger partial charge >= 0.3 is 0 Å². The van der Waals surface area contributed by atoms with Crippen LogP contribution in [0.2, 0.25) is 0 Å². The van der Waals surface area contributed by atoms with E-state index in [2.05, 4.69) is 9.97 Å². The van der Waals surface area contributed by atoms with E-state index in [4.69, 9.17) is 0 Å². The number of aromatic nitrogens is 3. The minimum Gasteiger partial charge on any atom is -0.345 e. The molecule has 178 valence electrons. The first-order valence-corrected chi connectivity index (χ1v) is 11.4. The van der Waals surface area contributed by atoms with Gasteiger partial charge in [0.1, 0.15) is 17.0 Å². The molecule has 3 aromatic heterocycles. The molecule has 1 aliphatic heterocycles. The van der Waals surface area contributed by atoms with E-state index in [9.17, 15) is 18.8 Å². The Hall–Kier alpha value is -4.27. The smallest absolute Gasteiger partial charge is 0.263 e. The fourth-order valence-corrected chi connectivity index (χ4v) is 4.34. The van der Waals surface area contributed by atoms with Crippen LogP contribution in [0.4, 0.5) is 4.39 Å². The number of hydrogen-bond donors (Lipinski definition) is 1. The molecule has 0 radical (unpaired) electrons. The molecular formula is C26H24FN5O3. The van der Waals surface area contributed by atoms with Crippen molar-refractivity contribution in [2.45, 2.75) is 13.5 Å². The highest BCUT2D eigenvalue weighted by Crippen LogP contribution is 2.19. The predicted octanol–water partition coefficient (Wildman–Crippen LogP) is 2.82. The molecule has 4 heterocycles. The Morgan fingerprint density at radius 1 is 1.00 bits per heavy atom. The van der Waals surface area contributed by atoms with Crippen LogP contribution in [0.3, 0.4) is 0 Å². The van der Waals surface area contributed by atoms with E-state index in [1.165, 1.54) is 16.7 Å². The molecule has 5 rings (SSSR count). The van der Waals surface area contributed by atoms with Crippen molar-refractivity contribution >= 4 is 22.8 Å². The zero-order valence-electron chi connectivity index (χ0n) is 19.2. The normalized spacial score (nSPS) is 13.9. The van der Waals surface area contributed by atoms with Gasteiger partial charge in [-0.3, -0.25) is 14.4 Å². The number of hydrogen-bond acceptors (Lipinski definition) is 4. The van der Waals surface area contributed by atoms with Gasteiger partial charge in [0.05, 0.1) is 12.1 Å². The zero-order chi connectivity index (χ0) is 24.5. The minimum atomic E-state index is -0.428. The van der Waals surface area contributed by atoms with Crippen LogP contribution < -0.4 is 5.56 Å². The molecule has 35 heavy (non-hydrogen) atoms. The van der Waals surface area contributed by atoms with Gasteiger partial charge in [0.15, 0.2) is 0 Å². The molecule has 1 fully saturated rings. The van der Waals surface area contributed by atoms with Crippen LogP contribution in [-0.2, 0) is 6.54 Å². The van der Waals surface area contributed by atoms with Crippen molar-refractivity contribution < 1.29 is 14.0 Å². The molecule has 1 saturated heterocycles. The highest BCUT2D eigenvalue weighted by Gasteiger charge is 2.28. The van der Waals surface area contributed by atoms with Crippen molar-refractivity contribution in [3.63, 3.8) is 0 Å². The number of nitrogens with zero attached hydrogens (tertiary/aromatic N) is 4. The van der Waals surface area contributed by atoms with E-state index >= 15 is 0 Å². The molecule has 9 heteroatoms. The van der Waals surface area contributed by atoms with Crippen molar-refractivity contribution in [1.82, 2.24) is 24.3 Å². The Labute approximate surface area is 200 Å². The van der Waals surface area contributed by atoms with Crippen LogP contribution in [0.25, 0.3) is 11.0 Å². The second-order valence-electron chi connectivity index (χ2n) is 8.62. The van der Waals surface area contributed by atoms with Crippen molar-refractivity contribution in [3.05, 3.63) is 99.5 Å². The van der Waals surface area contributed by atoms with Crippen LogP contribution in [0, 0.1) is 12.7 Å². The molecule has 1 aliphatic rings. The standard InChI is InChI=1S/C26H24FN5O3/c1-17-6-7-18(14-22(17)27)16-32-9-3-5-20(25(32)34)24(33)30-10-12-31(13-11-30)26(35)21-15-29-23-19(21)4-2-8-28-23/h2-9,14-15H,10-13,16H2,1H3,(H,28,29). The zero-order valence-corrected chi connectivity index (χ0v) is 19.2. The number of halogens is 1. The van der Waals surface area contributed by atoms with Crippen LogP contribution in [0.15, 0.2) is 65.8 Å². The lowest BCUT2D eigenvalue weighted by Crippen LogP contribution is -2.51. The van der Waals surface area contributed by atoms with Crippen LogP contribution in [-0.4, -0.2) is 62.3 Å². The number of aromatic amines is 1. The average molecular weight is 474 g/mol. The van der Waals surface area contributed by atoms with Crippen LogP contribution >= 0.6 is 0 Å². The number of H-pyrrole nitrogens is 1. The van der Waals surface area contributed by atoms with E-state index in [-0.39, 0.29) is 29.7 Å². The first-order chi connectivity index (χ1) is 16.9. The molecule has 0 aliphatic carbocycles. The van der Waals surface area contributed by atoms with Gasteiger partial charge in [0.2, 0.25) is 0 Å². The third-order valence-corrected chi connectivity index (χ3v) is 6.38. The Balaban J connectivity index is 1.28. The Morgan fingerprint density at radius 2 is 1.71 bits per heavy atom. The quantitative estimate of drug-likeness (QED) is 0.494. The minimum absolute atomic E-state index is 0.0579. The number of rotatable bonds is 4. The molecule has 1 N–H and O–H groups in total. The molecule has 0 atom stereocenters. The Bertz CT molecular complexity index is 1480. The number of nitrogens with one attached hydrogen (secondary N) is 1. The van der Waals surface area contributed by atoms with Gasteiger partial charge in [0, 0.05) is 50.2 Å². The summed E-state index contributed by atoms with van der Waals surface area (Å²) in [5, 5.41) is 0.759. The largest absolute Gasteiger partial charge is 0.345 e. The molecule has 2 amide bonds. The number of carbonyl (C=O) groups is 2. The summed E-state index contributed by atoms with van der Waals surface area (Å²) in [5.74, 6) is -0.828. The lowest BCUT2D eigenvalue weighted by molar-refractivity contribution is 0.0535. The average Bonchev–Trinajstić information content (AvgIpc) is 3.31. The van der Waals surface area contributed by atoms with Gasteiger partial charge in [-0.15, -0.1) is 0 Å². The van der Waals surface area contributed by atoms with Crippen LogP contribution in [0.1, 0.15) is 31.8 Å². The molecule has 4 aromatic rings. The molecule has 0 spiro atoms. The number of pyridine rings is 2. The monoisotopic (exact) mass is 473 g/mol. The molecule has 8 nitrogen and oxygen atoms in total. The highest BCUT2D eigenvalue weighted by molar-refractivity contribution is 6.06. The van der Waals surface area contributed by atoms with Gasteiger partial charge in [-0.25, -0.2) is 9.37 Å². The highest BCUT2D eigenvalue weighted by atomic mass is 19.1. The first-order valence-electron chi connectivity index (χ1n) is 11.4. The summed E-state index contributed by atoms with van der Waals surface area (Å²) >= 11 is 0. The lowest BCUT2D eigenvalue weighted by Gasteiger charge is -2.34. The van der Waals surface area contributed by atoms with Crippen molar-refractivity contribution in [1.29, 1.82) is 0 Å². The maximum absolute atomic E-state index is 13.9.